The maximum Gasteiger partial charge on any atom is 0.222 e. The Morgan fingerprint density at radius 1 is 1.05 bits per heavy atom. The van der Waals surface area contributed by atoms with Crippen molar-refractivity contribution >= 4 is 5.91 Å². The van der Waals surface area contributed by atoms with Gasteiger partial charge in [-0.15, -0.1) is 0 Å². The van der Waals surface area contributed by atoms with Gasteiger partial charge in [0.05, 0.1) is 6.04 Å². The Balaban J connectivity index is 2.13. The fourth-order valence-corrected chi connectivity index (χ4v) is 2.33. The van der Waals surface area contributed by atoms with Gasteiger partial charge in [-0.25, -0.2) is 0 Å². The largest absolute Gasteiger partial charge is 0.349 e. The first kappa shape index (κ1) is 15.3. The Morgan fingerprint density at radius 2 is 1.62 bits per heavy atom. The third-order valence-electron chi connectivity index (χ3n) is 3.33. The van der Waals surface area contributed by atoms with Crippen LogP contribution in [0.1, 0.15) is 30.5 Å². The second-order valence-electron chi connectivity index (χ2n) is 5.40. The summed E-state index contributed by atoms with van der Waals surface area (Å²) >= 11 is 0. The van der Waals surface area contributed by atoms with Crippen LogP contribution >= 0.6 is 0 Å². The topological polar surface area (TPSA) is 55.1 Å². The van der Waals surface area contributed by atoms with Crippen LogP contribution in [0.25, 0.3) is 0 Å². The number of amides is 1. The maximum atomic E-state index is 12.0. The van der Waals surface area contributed by atoms with Crippen molar-refractivity contribution in [2.75, 3.05) is 0 Å². The van der Waals surface area contributed by atoms with E-state index < -0.39 is 0 Å². The van der Waals surface area contributed by atoms with Crippen molar-refractivity contribution in [3.05, 3.63) is 71.8 Å². The third kappa shape index (κ3) is 5.04. The summed E-state index contributed by atoms with van der Waals surface area (Å²) in [4.78, 5) is 12.0. The molecule has 2 rings (SSSR count). The van der Waals surface area contributed by atoms with Crippen LogP contribution in [0.4, 0.5) is 0 Å². The zero-order valence-electron chi connectivity index (χ0n) is 12.3. The number of rotatable bonds is 6. The number of nitrogens with two attached hydrogens (primary N) is 1. The summed E-state index contributed by atoms with van der Waals surface area (Å²) < 4.78 is 0. The number of carbonyl (C=O) groups is 1. The minimum atomic E-state index is -0.127. The molecule has 3 nitrogen and oxygen atoms in total. The highest BCUT2D eigenvalue weighted by atomic mass is 16.1. The summed E-state index contributed by atoms with van der Waals surface area (Å²) in [6.45, 7) is 1.84. The van der Waals surface area contributed by atoms with Crippen LogP contribution in [0, 0.1) is 0 Å². The highest BCUT2D eigenvalue weighted by molar-refractivity contribution is 5.77. The highest BCUT2D eigenvalue weighted by Crippen LogP contribution is 2.18. The summed E-state index contributed by atoms with van der Waals surface area (Å²) in [7, 11) is 0. The summed E-state index contributed by atoms with van der Waals surface area (Å²) in [5.41, 5.74) is 8.01. The number of hydrogen-bond donors (Lipinski definition) is 2. The minimum Gasteiger partial charge on any atom is -0.349 e. The van der Waals surface area contributed by atoms with Gasteiger partial charge in [0.2, 0.25) is 5.91 Å². The lowest BCUT2D eigenvalue weighted by atomic mass is 9.98. The molecule has 1 amide bonds. The number of nitrogens with one attached hydrogen (secondary N) is 1. The monoisotopic (exact) mass is 282 g/mol. The quantitative estimate of drug-likeness (QED) is 0.856. The van der Waals surface area contributed by atoms with Gasteiger partial charge in [0.15, 0.2) is 0 Å². The van der Waals surface area contributed by atoms with Gasteiger partial charge in [-0.1, -0.05) is 60.7 Å². The normalized spacial score (nSPS) is 13.4. The summed E-state index contributed by atoms with van der Waals surface area (Å²) in [6, 6.07) is 20.1. The van der Waals surface area contributed by atoms with Crippen LogP contribution in [-0.4, -0.2) is 11.9 Å². The van der Waals surface area contributed by atoms with Gasteiger partial charge in [0.1, 0.15) is 0 Å². The molecule has 21 heavy (non-hydrogen) atoms. The molecule has 0 aliphatic heterocycles. The molecule has 0 aliphatic rings. The zero-order chi connectivity index (χ0) is 15.1. The van der Waals surface area contributed by atoms with E-state index in [1.165, 1.54) is 5.56 Å². The van der Waals surface area contributed by atoms with Crippen LogP contribution in [0.15, 0.2) is 60.7 Å². The van der Waals surface area contributed by atoms with E-state index in [1.807, 2.05) is 55.5 Å². The van der Waals surface area contributed by atoms with E-state index in [0.29, 0.717) is 6.42 Å². The van der Waals surface area contributed by atoms with Crippen molar-refractivity contribution in [1.82, 2.24) is 5.32 Å². The van der Waals surface area contributed by atoms with E-state index >= 15 is 0 Å². The third-order valence-corrected chi connectivity index (χ3v) is 3.33. The molecule has 0 saturated heterocycles. The zero-order valence-corrected chi connectivity index (χ0v) is 12.3. The Hall–Kier alpha value is -2.13. The lowest BCUT2D eigenvalue weighted by Crippen LogP contribution is -2.33. The first-order valence-electron chi connectivity index (χ1n) is 7.29. The Kier molecular flexibility index (Phi) is 5.52. The molecule has 2 aromatic carbocycles. The number of carbonyl (C=O) groups excluding carboxylic acids is 1. The lowest BCUT2D eigenvalue weighted by Gasteiger charge is -2.20. The molecule has 0 radical (unpaired) electrons. The van der Waals surface area contributed by atoms with Gasteiger partial charge in [-0.2, -0.15) is 0 Å². The molecule has 2 unspecified atom stereocenters. The standard InChI is InChI=1S/C18H22N2O/c1-14(19)12-18(21)20-17(16-10-6-3-7-11-16)13-15-8-4-2-5-9-15/h2-11,14,17H,12-13,19H2,1H3,(H,20,21). The minimum absolute atomic E-state index is 0.00483. The first-order valence-corrected chi connectivity index (χ1v) is 7.29. The fraction of sp³-hybridized carbons (Fsp3) is 0.278. The van der Waals surface area contributed by atoms with Crippen molar-refractivity contribution < 1.29 is 4.79 Å². The predicted molar refractivity (Wildman–Crippen MR) is 85.7 cm³/mol. The average Bonchev–Trinajstić information content (AvgIpc) is 2.48. The van der Waals surface area contributed by atoms with Crippen molar-refractivity contribution in [2.24, 2.45) is 5.73 Å². The molecular weight excluding hydrogens is 260 g/mol. The van der Waals surface area contributed by atoms with Crippen molar-refractivity contribution in [3.8, 4) is 0 Å². The van der Waals surface area contributed by atoms with E-state index in [9.17, 15) is 4.79 Å². The van der Waals surface area contributed by atoms with Crippen molar-refractivity contribution in [3.63, 3.8) is 0 Å². The molecule has 3 N–H and O–H groups in total. The molecule has 3 heteroatoms. The van der Waals surface area contributed by atoms with E-state index in [4.69, 9.17) is 5.73 Å². The van der Waals surface area contributed by atoms with Gasteiger partial charge < -0.3 is 11.1 Å². The van der Waals surface area contributed by atoms with Gasteiger partial charge in [0.25, 0.3) is 0 Å². The van der Waals surface area contributed by atoms with Gasteiger partial charge in [-0.05, 0) is 24.5 Å². The lowest BCUT2D eigenvalue weighted by molar-refractivity contribution is -0.122. The Morgan fingerprint density at radius 3 is 2.19 bits per heavy atom. The van der Waals surface area contributed by atoms with Crippen LogP contribution in [0.3, 0.4) is 0 Å². The molecule has 110 valence electrons. The molecular formula is C18H22N2O. The van der Waals surface area contributed by atoms with Crippen molar-refractivity contribution in [2.45, 2.75) is 31.8 Å². The molecule has 0 aromatic heterocycles. The second kappa shape index (κ2) is 7.60. The van der Waals surface area contributed by atoms with Crippen LogP contribution in [0.2, 0.25) is 0 Å². The number of hydrogen-bond acceptors (Lipinski definition) is 2. The van der Waals surface area contributed by atoms with Gasteiger partial charge in [0, 0.05) is 12.5 Å². The summed E-state index contributed by atoms with van der Waals surface area (Å²) in [5, 5.41) is 3.09. The predicted octanol–water partition coefficient (Wildman–Crippen LogP) is 2.82. The number of benzene rings is 2. The van der Waals surface area contributed by atoms with E-state index in [0.717, 1.165) is 12.0 Å². The summed E-state index contributed by atoms with van der Waals surface area (Å²) in [5.74, 6) is -0.00483. The van der Waals surface area contributed by atoms with Gasteiger partial charge in [-0.3, -0.25) is 4.79 Å². The molecule has 0 spiro atoms. The van der Waals surface area contributed by atoms with E-state index in [1.54, 1.807) is 0 Å². The molecule has 2 atom stereocenters. The molecule has 0 saturated carbocycles. The first-order chi connectivity index (χ1) is 10.1. The molecule has 0 heterocycles. The average molecular weight is 282 g/mol. The smallest absolute Gasteiger partial charge is 0.222 e. The van der Waals surface area contributed by atoms with Gasteiger partial charge >= 0.3 is 0 Å². The molecule has 0 fully saturated rings. The van der Waals surface area contributed by atoms with E-state index in [2.05, 4.69) is 17.4 Å². The summed E-state index contributed by atoms with van der Waals surface area (Å²) in [6.07, 6.45) is 1.12. The fourth-order valence-electron chi connectivity index (χ4n) is 2.33. The van der Waals surface area contributed by atoms with Crippen LogP contribution < -0.4 is 11.1 Å². The Labute approximate surface area is 126 Å². The van der Waals surface area contributed by atoms with E-state index in [-0.39, 0.29) is 18.0 Å². The molecule has 2 aromatic rings. The SMILES string of the molecule is CC(N)CC(=O)NC(Cc1ccccc1)c1ccccc1. The Bertz CT molecular complexity index is 552. The second-order valence-corrected chi connectivity index (χ2v) is 5.40. The van der Waals surface area contributed by atoms with Crippen molar-refractivity contribution in [1.29, 1.82) is 0 Å². The highest BCUT2D eigenvalue weighted by Gasteiger charge is 2.15. The van der Waals surface area contributed by atoms with Crippen LogP contribution in [-0.2, 0) is 11.2 Å². The maximum absolute atomic E-state index is 12.0. The molecule has 0 aliphatic carbocycles. The molecule has 0 bridgehead atoms. The van der Waals surface area contributed by atoms with Crippen LogP contribution in [0.5, 0.6) is 0 Å².